The van der Waals surface area contributed by atoms with Crippen LogP contribution in [0.3, 0.4) is 0 Å². The first-order valence-corrected chi connectivity index (χ1v) is 8.11. The van der Waals surface area contributed by atoms with Gasteiger partial charge in [0.15, 0.2) is 0 Å². The van der Waals surface area contributed by atoms with Crippen LogP contribution in [0.4, 0.5) is 11.5 Å². The highest BCUT2D eigenvalue weighted by Gasteiger charge is 2.23. The van der Waals surface area contributed by atoms with Gasteiger partial charge in [0.25, 0.3) is 0 Å². The molecule has 0 radical (unpaired) electrons. The molecule has 2 heterocycles. The summed E-state index contributed by atoms with van der Waals surface area (Å²) in [5.74, 6) is 0.869. The number of benzene rings is 2. The van der Waals surface area contributed by atoms with E-state index in [2.05, 4.69) is 26.3 Å². The number of carbonyl (C=O) groups excluding carboxylic acids is 1. The Morgan fingerprint density at radius 3 is 3.00 bits per heavy atom. The van der Waals surface area contributed by atoms with Gasteiger partial charge in [-0.25, -0.2) is 9.97 Å². The van der Waals surface area contributed by atoms with Crippen LogP contribution < -0.4 is 10.2 Å². The summed E-state index contributed by atoms with van der Waals surface area (Å²) >= 11 is 6.18. The van der Waals surface area contributed by atoms with Crippen LogP contribution in [0.25, 0.3) is 10.9 Å². The van der Waals surface area contributed by atoms with Crippen molar-refractivity contribution in [3.63, 3.8) is 0 Å². The minimum atomic E-state index is 0.482. The number of aromatic nitrogens is 2. The first-order valence-electron chi connectivity index (χ1n) is 7.73. The molecule has 0 saturated heterocycles. The van der Waals surface area contributed by atoms with Crippen LogP contribution in [0, 0.1) is 0 Å². The van der Waals surface area contributed by atoms with Crippen molar-refractivity contribution in [3.05, 3.63) is 58.9 Å². The fraction of sp³-hybridized carbons (Fsp3) is 0.167. The lowest BCUT2D eigenvalue weighted by Gasteiger charge is -2.20. The summed E-state index contributed by atoms with van der Waals surface area (Å²) in [7, 11) is 0. The molecule has 0 atom stereocenters. The zero-order valence-electron chi connectivity index (χ0n) is 12.9. The van der Waals surface area contributed by atoms with Crippen LogP contribution in [-0.2, 0) is 17.8 Å². The average molecular weight is 339 g/mol. The maximum atomic E-state index is 10.5. The lowest BCUT2D eigenvalue weighted by molar-refractivity contribution is -0.109. The Morgan fingerprint density at radius 2 is 2.12 bits per heavy atom. The Morgan fingerprint density at radius 1 is 1.21 bits per heavy atom. The van der Waals surface area contributed by atoms with Crippen molar-refractivity contribution in [2.75, 3.05) is 11.4 Å². The fourth-order valence-electron chi connectivity index (χ4n) is 3.15. The van der Waals surface area contributed by atoms with E-state index in [0.717, 1.165) is 46.0 Å². The van der Waals surface area contributed by atoms with Gasteiger partial charge in [0.05, 0.1) is 5.52 Å². The number of hydrogen-bond donors (Lipinski definition) is 1. The number of anilines is 2. The van der Waals surface area contributed by atoms with Gasteiger partial charge in [0, 0.05) is 29.2 Å². The van der Waals surface area contributed by atoms with Gasteiger partial charge in [-0.1, -0.05) is 23.7 Å². The van der Waals surface area contributed by atoms with Crippen molar-refractivity contribution in [1.29, 1.82) is 0 Å². The number of amides is 1. The molecule has 0 aliphatic carbocycles. The normalized spacial score (nSPS) is 13.1. The lowest BCUT2D eigenvalue weighted by atomic mass is 10.1. The molecular weight excluding hydrogens is 324 g/mol. The summed E-state index contributed by atoms with van der Waals surface area (Å²) in [5, 5.41) is 4.37. The highest BCUT2D eigenvalue weighted by Crippen LogP contribution is 2.37. The maximum Gasteiger partial charge on any atom is 0.207 e. The third kappa shape index (κ3) is 2.57. The summed E-state index contributed by atoms with van der Waals surface area (Å²) in [4.78, 5) is 21.6. The van der Waals surface area contributed by atoms with E-state index in [4.69, 9.17) is 11.6 Å². The van der Waals surface area contributed by atoms with E-state index in [1.807, 2.05) is 30.3 Å². The van der Waals surface area contributed by atoms with Gasteiger partial charge in [0.1, 0.15) is 12.1 Å². The second-order valence-electron chi connectivity index (χ2n) is 5.72. The molecule has 1 aliphatic heterocycles. The van der Waals surface area contributed by atoms with Crippen LogP contribution in [0.2, 0.25) is 5.02 Å². The van der Waals surface area contributed by atoms with E-state index in [0.29, 0.717) is 13.0 Å². The monoisotopic (exact) mass is 338 g/mol. The zero-order valence-corrected chi connectivity index (χ0v) is 13.6. The molecule has 3 aromatic rings. The Hall–Kier alpha value is -2.66. The molecule has 0 spiro atoms. The fourth-order valence-corrected chi connectivity index (χ4v) is 3.31. The van der Waals surface area contributed by atoms with Gasteiger partial charge in [0.2, 0.25) is 6.41 Å². The summed E-state index contributed by atoms with van der Waals surface area (Å²) in [6.45, 7) is 1.34. The number of carbonyl (C=O) groups is 1. The molecule has 2 aromatic carbocycles. The average Bonchev–Trinajstić information content (AvgIpc) is 3.02. The van der Waals surface area contributed by atoms with E-state index in [9.17, 15) is 4.79 Å². The minimum absolute atomic E-state index is 0.482. The molecule has 0 unspecified atom stereocenters. The summed E-state index contributed by atoms with van der Waals surface area (Å²) in [6, 6.07) is 11.9. The van der Waals surface area contributed by atoms with Gasteiger partial charge < -0.3 is 10.2 Å². The zero-order chi connectivity index (χ0) is 16.5. The van der Waals surface area contributed by atoms with Gasteiger partial charge in [-0.2, -0.15) is 0 Å². The van der Waals surface area contributed by atoms with Crippen molar-refractivity contribution in [3.8, 4) is 0 Å². The van der Waals surface area contributed by atoms with Crippen LogP contribution in [0.5, 0.6) is 0 Å². The molecular formula is C18H15ClN4O. The second kappa shape index (κ2) is 6.09. The number of nitrogens with one attached hydrogen (secondary N) is 1. The third-order valence-corrected chi connectivity index (χ3v) is 4.50. The first kappa shape index (κ1) is 14.9. The second-order valence-corrected chi connectivity index (χ2v) is 6.16. The topological polar surface area (TPSA) is 58.1 Å². The molecule has 120 valence electrons. The molecule has 24 heavy (non-hydrogen) atoms. The third-order valence-electron chi connectivity index (χ3n) is 4.27. The molecule has 1 aromatic heterocycles. The quantitative estimate of drug-likeness (QED) is 0.742. The number of halogens is 1. The van der Waals surface area contributed by atoms with Crippen LogP contribution in [0.15, 0.2) is 42.7 Å². The Labute approximate surface area is 144 Å². The minimum Gasteiger partial charge on any atom is -0.355 e. The predicted molar refractivity (Wildman–Crippen MR) is 94.6 cm³/mol. The number of nitrogens with zero attached hydrogens (tertiary/aromatic N) is 3. The van der Waals surface area contributed by atoms with Crippen molar-refractivity contribution in [1.82, 2.24) is 15.3 Å². The molecule has 1 amide bonds. The largest absolute Gasteiger partial charge is 0.355 e. The molecule has 6 heteroatoms. The summed E-state index contributed by atoms with van der Waals surface area (Å²) in [6.07, 6.45) is 3.25. The molecule has 1 N–H and O–H groups in total. The van der Waals surface area contributed by atoms with Gasteiger partial charge in [-0.3, -0.25) is 4.79 Å². The smallest absolute Gasteiger partial charge is 0.207 e. The highest BCUT2D eigenvalue weighted by atomic mass is 35.5. The first-order chi connectivity index (χ1) is 11.8. The van der Waals surface area contributed by atoms with E-state index in [-0.39, 0.29) is 0 Å². The molecule has 5 nitrogen and oxygen atoms in total. The van der Waals surface area contributed by atoms with E-state index in [1.165, 1.54) is 5.56 Å². The van der Waals surface area contributed by atoms with Crippen molar-refractivity contribution in [2.24, 2.45) is 0 Å². The summed E-state index contributed by atoms with van der Waals surface area (Å²) in [5.41, 5.74) is 4.25. The van der Waals surface area contributed by atoms with Crippen LogP contribution in [-0.4, -0.2) is 22.9 Å². The van der Waals surface area contributed by atoms with E-state index in [1.54, 1.807) is 6.33 Å². The molecule has 1 aliphatic rings. The number of rotatable bonds is 4. The van der Waals surface area contributed by atoms with E-state index >= 15 is 0 Å². The maximum absolute atomic E-state index is 10.5. The predicted octanol–water partition coefficient (Wildman–Crippen LogP) is 3.22. The number of hydrogen-bond acceptors (Lipinski definition) is 4. The van der Waals surface area contributed by atoms with Gasteiger partial charge in [-0.05, 0) is 41.8 Å². The highest BCUT2D eigenvalue weighted by molar-refractivity contribution is 6.31. The Kier molecular flexibility index (Phi) is 3.78. The standard InChI is InChI=1S/C18H15ClN4O/c19-14-3-2-13-5-6-23(17(13)8-14)18-15-7-12(9-20-11-24)1-4-16(15)21-10-22-18/h1-4,7-8,10-11H,5-6,9H2,(H,20,24). The van der Waals surface area contributed by atoms with Crippen LogP contribution >= 0.6 is 11.6 Å². The molecule has 0 saturated carbocycles. The molecule has 0 fully saturated rings. The van der Waals surface area contributed by atoms with Crippen molar-refractivity contribution >= 4 is 40.4 Å². The molecule has 4 rings (SSSR count). The Bertz CT molecular complexity index is 928. The molecule has 0 bridgehead atoms. The summed E-state index contributed by atoms with van der Waals surface area (Å²) < 4.78 is 0. The van der Waals surface area contributed by atoms with E-state index < -0.39 is 0 Å². The Balaban J connectivity index is 1.83. The van der Waals surface area contributed by atoms with Crippen molar-refractivity contribution in [2.45, 2.75) is 13.0 Å². The SMILES string of the molecule is O=CNCc1ccc2ncnc(N3CCc4ccc(Cl)cc43)c2c1. The van der Waals surface area contributed by atoms with Crippen LogP contribution in [0.1, 0.15) is 11.1 Å². The lowest BCUT2D eigenvalue weighted by Crippen LogP contribution is -2.16. The van der Waals surface area contributed by atoms with Crippen molar-refractivity contribution < 1.29 is 4.79 Å². The number of fused-ring (bicyclic) bond motifs is 2. The van der Waals surface area contributed by atoms with Gasteiger partial charge in [-0.15, -0.1) is 0 Å². The van der Waals surface area contributed by atoms with Gasteiger partial charge >= 0.3 is 0 Å².